The number of carbonyl (C=O) groups excluding carboxylic acids is 1. The number of ether oxygens (including phenoxy) is 1. The van der Waals surface area contributed by atoms with Gasteiger partial charge >= 0.3 is 6.09 Å². The van der Waals surface area contributed by atoms with E-state index in [-0.39, 0.29) is 10.6 Å². The molecule has 1 aromatic rings. The van der Waals surface area contributed by atoms with Gasteiger partial charge in [0.1, 0.15) is 10.5 Å². The Balaban J connectivity index is 3.06. The molecule has 1 amide bonds. The fourth-order valence-corrected chi connectivity index (χ4v) is 2.09. The first-order valence-corrected chi connectivity index (χ1v) is 7.01. The zero-order chi connectivity index (χ0) is 14.8. The minimum absolute atomic E-state index is 0.0256. The van der Waals surface area contributed by atoms with Crippen molar-refractivity contribution in [2.24, 2.45) is 0 Å². The highest BCUT2D eigenvalue weighted by molar-refractivity contribution is 7.86. The molecule has 1 rings (SSSR count). The summed E-state index contributed by atoms with van der Waals surface area (Å²) < 4.78 is 36.6. The fourth-order valence-electron chi connectivity index (χ4n) is 1.36. The van der Waals surface area contributed by atoms with Crippen LogP contribution in [-0.4, -0.2) is 24.7 Å². The van der Waals surface area contributed by atoms with Gasteiger partial charge in [0.2, 0.25) is 0 Å². The van der Waals surface area contributed by atoms with Gasteiger partial charge in [0.25, 0.3) is 10.1 Å². The average molecular weight is 287 g/mol. The highest BCUT2D eigenvalue weighted by Gasteiger charge is 2.20. The molecule has 0 unspecified atom stereocenters. The van der Waals surface area contributed by atoms with Gasteiger partial charge in [0.15, 0.2) is 0 Å². The number of amides is 1. The van der Waals surface area contributed by atoms with Crippen LogP contribution in [0.5, 0.6) is 0 Å². The maximum atomic E-state index is 11.6. The maximum absolute atomic E-state index is 11.6. The zero-order valence-corrected chi connectivity index (χ0v) is 12.0. The number of benzene rings is 1. The van der Waals surface area contributed by atoms with Crippen molar-refractivity contribution in [1.82, 2.24) is 0 Å². The van der Waals surface area contributed by atoms with Crippen molar-refractivity contribution in [3.63, 3.8) is 0 Å². The van der Waals surface area contributed by atoms with Crippen LogP contribution in [0.2, 0.25) is 0 Å². The smallest absolute Gasteiger partial charge is 0.412 e. The van der Waals surface area contributed by atoms with Crippen molar-refractivity contribution >= 4 is 21.9 Å². The third-order valence-corrected chi connectivity index (χ3v) is 2.94. The molecule has 0 saturated carbocycles. The van der Waals surface area contributed by atoms with Gasteiger partial charge in [-0.3, -0.25) is 9.87 Å². The van der Waals surface area contributed by atoms with Crippen molar-refractivity contribution in [2.75, 3.05) is 5.32 Å². The van der Waals surface area contributed by atoms with E-state index < -0.39 is 21.8 Å². The third kappa shape index (κ3) is 4.88. The number of rotatable bonds is 2. The summed E-state index contributed by atoms with van der Waals surface area (Å²) in [6.07, 6.45) is -0.791. The van der Waals surface area contributed by atoms with E-state index in [9.17, 15) is 13.2 Å². The molecular weight excluding hydrogens is 270 g/mol. The predicted molar refractivity (Wildman–Crippen MR) is 70.9 cm³/mol. The summed E-state index contributed by atoms with van der Waals surface area (Å²) in [4.78, 5) is 11.2. The van der Waals surface area contributed by atoms with Crippen LogP contribution >= 0.6 is 0 Å². The highest BCUT2D eigenvalue weighted by atomic mass is 32.2. The van der Waals surface area contributed by atoms with Crippen molar-refractivity contribution in [1.29, 1.82) is 0 Å². The van der Waals surface area contributed by atoms with E-state index in [0.29, 0.717) is 5.56 Å². The molecule has 7 heteroatoms. The van der Waals surface area contributed by atoms with Crippen LogP contribution < -0.4 is 5.32 Å². The molecule has 0 radical (unpaired) electrons. The normalized spacial score (nSPS) is 12.1. The van der Waals surface area contributed by atoms with Crippen LogP contribution in [0, 0.1) is 6.92 Å². The number of nitrogens with one attached hydrogen (secondary N) is 1. The van der Waals surface area contributed by atoms with E-state index >= 15 is 0 Å². The summed E-state index contributed by atoms with van der Waals surface area (Å²) in [7, 11) is -4.42. The van der Waals surface area contributed by atoms with Gasteiger partial charge in [-0.1, -0.05) is 6.07 Å². The third-order valence-electron chi connectivity index (χ3n) is 2.05. The molecule has 2 N–H and O–H groups in total. The van der Waals surface area contributed by atoms with E-state index in [1.807, 2.05) is 0 Å². The minimum atomic E-state index is -4.42. The molecule has 0 aromatic heterocycles. The largest absolute Gasteiger partial charge is 0.444 e. The van der Waals surface area contributed by atoms with E-state index in [1.165, 1.54) is 12.1 Å². The van der Waals surface area contributed by atoms with Gasteiger partial charge < -0.3 is 4.74 Å². The first-order chi connectivity index (χ1) is 8.49. The Morgan fingerprint density at radius 2 is 1.89 bits per heavy atom. The Kier molecular flexibility index (Phi) is 4.21. The van der Waals surface area contributed by atoms with Gasteiger partial charge in [-0.15, -0.1) is 0 Å². The molecule has 0 aliphatic heterocycles. The number of anilines is 1. The van der Waals surface area contributed by atoms with Crippen molar-refractivity contribution in [3.05, 3.63) is 23.8 Å². The van der Waals surface area contributed by atoms with Crippen molar-refractivity contribution < 1.29 is 22.5 Å². The summed E-state index contributed by atoms with van der Waals surface area (Å²) >= 11 is 0. The van der Waals surface area contributed by atoms with Crippen molar-refractivity contribution in [3.8, 4) is 0 Å². The van der Waals surface area contributed by atoms with Crippen molar-refractivity contribution in [2.45, 2.75) is 38.2 Å². The lowest BCUT2D eigenvalue weighted by Gasteiger charge is -2.20. The Labute approximate surface area is 112 Å². The summed E-state index contributed by atoms with van der Waals surface area (Å²) in [5.41, 5.74) is -0.0859. The summed E-state index contributed by atoms with van der Waals surface area (Å²) in [5, 5.41) is 2.30. The van der Waals surface area contributed by atoms with Crippen LogP contribution in [0.15, 0.2) is 23.1 Å². The molecule has 0 aliphatic rings. The van der Waals surface area contributed by atoms with Crippen LogP contribution in [0.3, 0.4) is 0 Å². The second-order valence-corrected chi connectivity index (χ2v) is 6.49. The van der Waals surface area contributed by atoms with Crippen LogP contribution in [0.25, 0.3) is 0 Å². The standard InChI is InChI=1S/C12H17NO5S/c1-8-5-6-9(10(7-8)19(15,16)17)13-11(14)18-12(2,3)4/h5-7H,1-4H3,(H,13,14)(H,15,16,17). The van der Waals surface area contributed by atoms with Gasteiger partial charge in [-0.2, -0.15) is 8.42 Å². The Bertz CT molecular complexity index is 587. The molecule has 1 aromatic carbocycles. The van der Waals surface area contributed by atoms with E-state index in [0.717, 1.165) is 0 Å². The lowest BCUT2D eigenvalue weighted by atomic mass is 10.2. The highest BCUT2D eigenvalue weighted by Crippen LogP contribution is 2.23. The molecule has 106 valence electrons. The fraction of sp³-hybridized carbons (Fsp3) is 0.417. The van der Waals surface area contributed by atoms with E-state index in [2.05, 4.69) is 5.32 Å². The molecule has 6 nitrogen and oxygen atoms in total. The number of hydrogen-bond acceptors (Lipinski definition) is 4. The summed E-state index contributed by atoms with van der Waals surface area (Å²) in [5.74, 6) is 0. The molecule has 0 spiro atoms. The van der Waals surface area contributed by atoms with Crippen LogP contribution in [0.1, 0.15) is 26.3 Å². The van der Waals surface area contributed by atoms with Crippen LogP contribution in [-0.2, 0) is 14.9 Å². The number of carbonyl (C=O) groups is 1. The molecule has 0 atom stereocenters. The first-order valence-electron chi connectivity index (χ1n) is 5.57. The molecule has 0 heterocycles. The lowest BCUT2D eigenvalue weighted by molar-refractivity contribution is 0.0635. The Morgan fingerprint density at radius 3 is 2.37 bits per heavy atom. The number of hydrogen-bond donors (Lipinski definition) is 2. The molecule has 0 aliphatic carbocycles. The first kappa shape index (κ1) is 15.5. The SMILES string of the molecule is Cc1ccc(NC(=O)OC(C)(C)C)c(S(=O)(=O)O)c1. The summed E-state index contributed by atoms with van der Waals surface area (Å²) in [6, 6.07) is 4.27. The minimum Gasteiger partial charge on any atom is -0.444 e. The second kappa shape index (κ2) is 5.18. The second-order valence-electron chi connectivity index (χ2n) is 5.10. The Morgan fingerprint density at radius 1 is 1.32 bits per heavy atom. The van der Waals surface area contributed by atoms with Gasteiger partial charge in [0, 0.05) is 0 Å². The van der Waals surface area contributed by atoms with Gasteiger partial charge in [-0.25, -0.2) is 4.79 Å². The maximum Gasteiger partial charge on any atom is 0.412 e. The van der Waals surface area contributed by atoms with Crippen LogP contribution in [0.4, 0.5) is 10.5 Å². The average Bonchev–Trinajstić information content (AvgIpc) is 2.16. The topological polar surface area (TPSA) is 92.7 Å². The van der Waals surface area contributed by atoms with E-state index in [1.54, 1.807) is 33.8 Å². The molecule has 19 heavy (non-hydrogen) atoms. The van der Waals surface area contributed by atoms with Gasteiger partial charge in [-0.05, 0) is 45.4 Å². The zero-order valence-electron chi connectivity index (χ0n) is 11.2. The molecule has 0 fully saturated rings. The molecule has 0 saturated heterocycles. The molecule has 0 bridgehead atoms. The monoisotopic (exact) mass is 287 g/mol. The van der Waals surface area contributed by atoms with Gasteiger partial charge in [0.05, 0.1) is 5.69 Å². The lowest BCUT2D eigenvalue weighted by Crippen LogP contribution is -2.27. The molecular formula is C12H17NO5S. The van der Waals surface area contributed by atoms with E-state index in [4.69, 9.17) is 9.29 Å². The number of aryl methyl sites for hydroxylation is 1. The predicted octanol–water partition coefficient (Wildman–Crippen LogP) is 2.59. The Hall–Kier alpha value is -1.60. The quantitative estimate of drug-likeness (QED) is 0.815. The summed E-state index contributed by atoms with van der Waals surface area (Å²) in [6.45, 7) is 6.73.